The van der Waals surface area contributed by atoms with Gasteiger partial charge in [-0.3, -0.25) is 28.3 Å². The van der Waals surface area contributed by atoms with Crippen molar-refractivity contribution in [1.82, 2.24) is 28.9 Å². The monoisotopic (exact) mass is 688 g/mol. The number of amides is 2. The molecule has 0 spiro atoms. The van der Waals surface area contributed by atoms with E-state index in [0.717, 1.165) is 64.5 Å². The van der Waals surface area contributed by atoms with Crippen molar-refractivity contribution in [3.8, 4) is 0 Å². The number of para-hydroxylation sites is 2. The number of nitrogens with zero attached hydrogens (tertiary/aromatic N) is 6. The van der Waals surface area contributed by atoms with Crippen LogP contribution >= 0.6 is 23.5 Å². The van der Waals surface area contributed by atoms with Crippen molar-refractivity contribution < 1.29 is 9.59 Å². The molecular weight excluding hydrogens is 645 g/mol. The Bertz CT molecular complexity index is 1770. The average Bonchev–Trinajstić information content (AvgIpc) is 3.13. The number of hydrogen-bond acceptors (Lipinski definition) is 8. The number of hydrogen-bond donors (Lipinski definition) is 0. The Hall–Kier alpha value is -3.64. The van der Waals surface area contributed by atoms with Crippen molar-refractivity contribution in [2.45, 2.75) is 101 Å². The summed E-state index contributed by atoms with van der Waals surface area (Å²) >= 11 is 2.54. The van der Waals surface area contributed by atoms with Crippen LogP contribution in [0.1, 0.15) is 65.2 Å². The minimum Gasteiger partial charge on any atom is -0.339 e. The molecule has 0 saturated carbocycles. The fourth-order valence-electron chi connectivity index (χ4n) is 7.04. The van der Waals surface area contributed by atoms with Gasteiger partial charge in [0.15, 0.2) is 10.3 Å². The van der Waals surface area contributed by atoms with Gasteiger partial charge in [-0.05, 0) is 75.6 Å². The van der Waals surface area contributed by atoms with Crippen LogP contribution in [-0.4, -0.2) is 77.4 Å². The zero-order valence-corrected chi connectivity index (χ0v) is 29.4. The second-order valence-electron chi connectivity index (χ2n) is 12.6. The Kier molecular flexibility index (Phi) is 11.2. The van der Waals surface area contributed by atoms with Crippen LogP contribution in [0.3, 0.4) is 0 Å². The third-order valence-electron chi connectivity index (χ3n) is 9.69. The molecular formula is C36H44N6O4S2. The van der Waals surface area contributed by atoms with Crippen molar-refractivity contribution in [1.29, 1.82) is 0 Å². The van der Waals surface area contributed by atoms with Crippen molar-refractivity contribution in [2.75, 3.05) is 24.6 Å². The topological polar surface area (TPSA) is 110 Å². The molecule has 2 amide bonds. The van der Waals surface area contributed by atoms with E-state index in [1.54, 1.807) is 33.4 Å². The molecule has 0 aliphatic carbocycles. The zero-order valence-electron chi connectivity index (χ0n) is 27.8. The van der Waals surface area contributed by atoms with Gasteiger partial charge in [0.25, 0.3) is 11.1 Å². The van der Waals surface area contributed by atoms with Gasteiger partial charge in [-0.15, -0.1) is 0 Å². The number of carbonyl (C=O) groups excluding carboxylic acids is 2. The van der Waals surface area contributed by atoms with Gasteiger partial charge in [0, 0.05) is 38.3 Å². The molecule has 12 heteroatoms. The molecule has 4 aromatic rings. The maximum Gasteiger partial charge on any atom is 0.262 e. The van der Waals surface area contributed by atoms with Crippen LogP contribution in [0.2, 0.25) is 0 Å². The number of piperidine rings is 2. The van der Waals surface area contributed by atoms with Gasteiger partial charge in [0.2, 0.25) is 11.8 Å². The fourth-order valence-corrected chi connectivity index (χ4v) is 8.86. The summed E-state index contributed by atoms with van der Waals surface area (Å²) in [7, 11) is 0. The molecule has 10 nitrogen and oxygen atoms in total. The Balaban J connectivity index is 1.29. The molecule has 6 rings (SSSR count). The Morgan fingerprint density at radius 3 is 1.50 bits per heavy atom. The van der Waals surface area contributed by atoms with E-state index in [1.807, 2.05) is 34.1 Å². The number of fused-ring (bicyclic) bond motifs is 2. The van der Waals surface area contributed by atoms with Crippen LogP contribution in [-0.2, 0) is 22.7 Å². The Labute approximate surface area is 289 Å². The lowest BCUT2D eigenvalue weighted by Crippen LogP contribution is -2.44. The highest BCUT2D eigenvalue weighted by Gasteiger charge is 2.27. The van der Waals surface area contributed by atoms with Gasteiger partial charge in [-0.2, -0.15) is 0 Å². The van der Waals surface area contributed by atoms with Crippen molar-refractivity contribution in [3.05, 3.63) is 69.2 Å². The van der Waals surface area contributed by atoms with Gasteiger partial charge in [-0.25, -0.2) is 9.97 Å². The quantitative estimate of drug-likeness (QED) is 0.149. The summed E-state index contributed by atoms with van der Waals surface area (Å²) in [6, 6.07) is 14.9. The summed E-state index contributed by atoms with van der Waals surface area (Å²) in [6.07, 6.45) is 8.16. The van der Waals surface area contributed by atoms with E-state index in [0.29, 0.717) is 32.1 Å². The minimum absolute atomic E-state index is 0.0535. The number of benzene rings is 2. The molecule has 2 fully saturated rings. The smallest absolute Gasteiger partial charge is 0.262 e. The van der Waals surface area contributed by atoms with Gasteiger partial charge in [0.1, 0.15) is 0 Å². The molecule has 0 N–H and O–H groups in total. The van der Waals surface area contributed by atoms with Crippen LogP contribution in [0.25, 0.3) is 21.8 Å². The number of rotatable bonds is 11. The first-order valence-corrected chi connectivity index (χ1v) is 19.2. The van der Waals surface area contributed by atoms with Gasteiger partial charge < -0.3 is 9.80 Å². The zero-order chi connectivity index (χ0) is 33.6. The van der Waals surface area contributed by atoms with Crippen LogP contribution < -0.4 is 11.1 Å². The lowest BCUT2D eigenvalue weighted by Gasteiger charge is -2.35. The van der Waals surface area contributed by atoms with Gasteiger partial charge in [0.05, 0.1) is 33.3 Å². The molecule has 2 aromatic heterocycles. The normalized spacial score (nSPS) is 18.5. The number of likely N-dealkylation sites (tertiary alicyclic amines) is 2. The van der Waals surface area contributed by atoms with Crippen LogP contribution in [0, 0.1) is 0 Å². The highest BCUT2D eigenvalue weighted by molar-refractivity contribution is 8.00. The second-order valence-corrected chi connectivity index (χ2v) is 14.5. The predicted molar refractivity (Wildman–Crippen MR) is 193 cm³/mol. The van der Waals surface area contributed by atoms with E-state index < -0.39 is 0 Å². The molecule has 254 valence electrons. The summed E-state index contributed by atoms with van der Waals surface area (Å²) in [5.74, 6) is 0.463. The van der Waals surface area contributed by atoms with E-state index in [9.17, 15) is 19.2 Å². The van der Waals surface area contributed by atoms with E-state index in [-0.39, 0.29) is 59.6 Å². The van der Waals surface area contributed by atoms with Crippen LogP contribution in [0.5, 0.6) is 0 Å². The summed E-state index contributed by atoms with van der Waals surface area (Å²) in [4.78, 5) is 68.2. The van der Waals surface area contributed by atoms with E-state index in [4.69, 9.17) is 9.97 Å². The number of carbonyl (C=O) groups is 2. The van der Waals surface area contributed by atoms with Crippen LogP contribution in [0.4, 0.5) is 0 Å². The number of thioether (sulfide) groups is 2. The standard InChI is InChI=1S/C36H44N6O4S2/c1-3-25-13-9-11-19-39(25)31(43)23-47-35-37-29-17-7-5-15-27(29)33(45)41(35)21-22-42-34(46)28-16-6-8-18-30(28)38-36(42)48-24-32(44)40-20-12-10-14-26(40)4-2/h5-8,15-18,25-26H,3-4,9-14,19-24H2,1-2H3/t25-,26+. The average molecular weight is 689 g/mol. The first-order valence-electron chi connectivity index (χ1n) is 17.2. The predicted octanol–water partition coefficient (Wildman–Crippen LogP) is 5.57. The van der Waals surface area contributed by atoms with Crippen LogP contribution in [0.15, 0.2) is 68.4 Å². The van der Waals surface area contributed by atoms with E-state index in [2.05, 4.69) is 13.8 Å². The molecule has 2 atom stereocenters. The lowest BCUT2D eigenvalue weighted by molar-refractivity contribution is -0.132. The summed E-state index contributed by atoms with van der Waals surface area (Å²) in [6.45, 7) is 6.06. The van der Waals surface area contributed by atoms with Gasteiger partial charge >= 0.3 is 0 Å². The first kappa shape index (κ1) is 34.2. The molecule has 2 aliphatic rings. The highest BCUT2D eigenvalue weighted by Crippen LogP contribution is 2.25. The highest BCUT2D eigenvalue weighted by atomic mass is 32.2. The molecule has 2 aliphatic heterocycles. The molecule has 48 heavy (non-hydrogen) atoms. The molecule has 0 unspecified atom stereocenters. The molecule has 2 aromatic carbocycles. The van der Waals surface area contributed by atoms with Crippen molar-refractivity contribution >= 4 is 57.1 Å². The van der Waals surface area contributed by atoms with Crippen molar-refractivity contribution in [3.63, 3.8) is 0 Å². The fraction of sp³-hybridized carbons (Fsp3) is 0.500. The maximum atomic E-state index is 13.9. The molecule has 4 heterocycles. The maximum absolute atomic E-state index is 13.9. The Morgan fingerprint density at radius 2 is 1.08 bits per heavy atom. The number of aromatic nitrogens is 4. The Morgan fingerprint density at radius 1 is 0.667 bits per heavy atom. The molecule has 2 saturated heterocycles. The third kappa shape index (κ3) is 7.34. The summed E-state index contributed by atoms with van der Waals surface area (Å²) in [5, 5.41) is 1.84. The molecule has 0 radical (unpaired) electrons. The largest absolute Gasteiger partial charge is 0.339 e. The summed E-state index contributed by atoms with van der Waals surface area (Å²) < 4.78 is 3.16. The van der Waals surface area contributed by atoms with E-state index in [1.165, 1.54) is 23.5 Å². The molecule has 0 bridgehead atoms. The second kappa shape index (κ2) is 15.7. The van der Waals surface area contributed by atoms with Crippen molar-refractivity contribution in [2.24, 2.45) is 0 Å². The first-order chi connectivity index (χ1) is 23.4. The minimum atomic E-state index is -0.221. The van der Waals surface area contributed by atoms with Gasteiger partial charge in [-0.1, -0.05) is 61.6 Å². The van der Waals surface area contributed by atoms with E-state index >= 15 is 0 Å². The third-order valence-corrected chi connectivity index (χ3v) is 11.6. The summed E-state index contributed by atoms with van der Waals surface area (Å²) in [5.41, 5.74) is 0.699. The lowest BCUT2D eigenvalue weighted by atomic mass is 10.0. The SMILES string of the molecule is CC[C@@H]1CCCCN1C(=O)CSc1nc2ccccc2c(=O)n1CCn1c(SCC(=O)N2CCCC[C@@H]2CC)nc2ccccc2c1=O.